The Bertz CT molecular complexity index is 409. The molecule has 118 valence electrons. The third-order valence-electron chi connectivity index (χ3n) is 3.47. The van der Waals surface area contributed by atoms with Crippen LogP contribution in [0.1, 0.15) is 26.7 Å². The minimum atomic E-state index is -2.93. The van der Waals surface area contributed by atoms with Gasteiger partial charge in [0, 0.05) is 25.4 Å². The lowest BCUT2D eigenvalue weighted by molar-refractivity contribution is 0.273. The predicted molar refractivity (Wildman–Crippen MR) is 84.0 cm³/mol. The van der Waals surface area contributed by atoms with Crippen LogP contribution in [0, 0.1) is 0 Å². The van der Waals surface area contributed by atoms with Gasteiger partial charge >= 0.3 is 0 Å². The maximum Gasteiger partial charge on any atom is 0.191 e. The first kappa shape index (κ1) is 17.2. The van der Waals surface area contributed by atoms with Crippen LogP contribution in [0.3, 0.4) is 0 Å². The number of hydrogen-bond acceptors (Lipinski definition) is 4. The van der Waals surface area contributed by atoms with Gasteiger partial charge in [0.15, 0.2) is 5.96 Å². The van der Waals surface area contributed by atoms with E-state index in [4.69, 9.17) is 0 Å². The van der Waals surface area contributed by atoms with Crippen LogP contribution in [-0.4, -0.2) is 70.1 Å². The normalized spacial score (nSPS) is 21.1. The maximum atomic E-state index is 11.1. The fourth-order valence-corrected chi connectivity index (χ4v) is 2.88. The van der Waals surface area contributed by atoms with Crippen LogP contribution in [-0.2, 0) is 9.84 Å². The van der Waals surface area contributed by atoms with E-state index in [1.54, 1.807) is 0 Å². The van der Waals surface area contributed by atoms with Gasteiger partial charge in [-0.1, -0.05) is 6.92 Å². The molecule has 0 spiro atoms. The van der Waals surface area contributed by atoms with E-state index in [2.05, 4.69) is 27.4 Å². The highest BCUT2D eigenvalue weighted by Crippen LogP contribution is 2.16. The molecule has 1 saturated heterocycles. The summed E-state index contributed by atoms with van der Waals surface area (Å²) in [4.78, 5) is 7.02. The smallest absolute Gasteiger partial charge is 0.191 e. The first-order chi connectivity index (χ1) is 9.46. The molecular weight excluding hydrogens is 276 g/mol. The lowest BCUT2D eigenvalue weighted by Crippen LogP contribution is -2.41. The zero-order chi connectivity index (χ0) is 15.0. The molecule has 1 fully saturated rings. The van der Waals surface area contributed by atoms with Crippen molar-refractivity contribution in [2.24, 2.45) is 4.99 Å². The van der Waals surface area contributed by atoms with Gasteiger partial charge < -0.3 is 10.6 Å². The van der Waals surface area contributed by atoms with Crippen LogP contribution in [0.4, 0.5) is 0 Å². The van der Waals surface area contributed by atoms with Crippen LogP contribution in [0.25, 0.3) is 0 Å². The van der Waals surface area contributed by atoms with E-state index < -0.39 is 9.84 Å². The first-order valence-corrected chi connectivity index (χ1v) is 9.46. The van der Waals surface area contributed by atoms with Crippen LogP contribution in [0.15, 0.2) is 4.99 Å². The summed E-state index contributed by atoms with van der Waals surface area (Å²) in [5.41, 5.74) is 0. The Hall–Kier alpha value is -0.820. The van der Waals surface area contributed by atoms with Crippen molar-refractivity contribution in [1.29, 1.82) is 0 Å². The third kappa shape index (κ3) is 6.56. The molecule has 1 aliphatic rings. The molecule has 7 heteroatoms. The number of guanidine groups is 1. The number of likely N-dealkylation sites (tertiary alicyclic amines) is 1. The molecule has 1 atom stereocenters. The Morgan fingerprint density at radius 1 is 1.35 bits per heavy atom. The lowest BCUT2D eigenvalue weighted by Gasteiger charge is -2.21. The molecule has 1 rings (SSSR count). The van der Waals surface area contributed by atoms with Gasteiger partial charge in [-0.25, -0.2) is 8.42 Å². The van der Waals surface area contributed by atoms with Crippen molar-refractivity contribution in [3.8, 4) is 0 Å². The zero-order valence-corrected chi connectivity index (χ0v) is 13.7. The van der Waals surface area contributed by atoms with Gasteiger partial charge in [-0.2, -0.15) is 0 Å². The molecule has 0 aromatic rings. The second-order valence-electron chi connectivity index (χ2n) is 5.20. The summed E-state index contributed by atoms with van der Waals surface area (Å²) < 4.78 is 22.2. The quantitative estimate of drug-likeness (QED) is 0.514. The standard InChI is InChI=1S/C13H28N4O2S/c1-4-14-13(15-8-10-20(3,18)19)16-11-12-7-6-9-17(12)5-2/h12H,4-11H2,1-3H3,(H2,14,15,16). The SMILES string of the molecule is CCNC(=NCC1CCCN1CC)NCCS(C)(=O)=O. The van der Waals surface area contributed by atoms with E-state index in [1.807, 2.05) is 6.92 Å². The summed E-state index contributed by atoms with van der Waals surface area (Å²) in [6.45, 7) is 8.34. The molecule has 1 unspecified atom stereocenters. The van der Waals surface area contributed by atoms with E-state index in [0.29, 0.717) is 18.5 Å². The van der Waals surface area contributed by atoms with Gasteiger partial charge in [0.2, 0.25) is 0 Å². The molecule has 0 amide bonds. The predicted octanol–water partition coefficient (Wildman–Crippen LogP) is 0.0704. The molecule has 1 heterocycles. The van der Waals surface area contributed by atoms with Crippen molar-refractivity contribution < 1.29 is 8.42 Å². The number of aliphatic imine (C=N–C) groups is 1. The average molecular weight is 304 g/mol. The van der Waals surface area contributed by atoms with Gasteiger partial charge in [-0.15, -0.1) is 0 Å². The maximum absolute atomic E-state index is 11.1. The zero-order valence-electron chi connectivity index (χ0n) is 12.9. The summed E-state index contributed by atoms with van der Waals surface area (Å²) in [6.07, 6.45) is 3.68. The first-order valence-electron chi connectivity index (χ1n) is 7.40. The summed E-state index contributed by atoms with van der Waals surface area (Å²) in [5.74, 6) is 0.834. The lowest BCUT2D eigenvalue weighted by atomic mass is 10.2. The van der Waals surface area contributed by atoms with Crippen LogP contribution < -0.4 is 10.6 Å². The summed E-state index contributed by atoms with van der Waals surface area (Å²) in [7, 11) is -2.93. The highest BCUT2D eigenvalue weighted by Gasteiger charge is 2.22. The van der Waals surface area contributed by atoms with Gasteiger partial charge in [0.25, 0.3) is 0 Å². The second kappa shape index (κ2) is 8.46. The van der Waals surface area contributed by atoms with E-state index in [0.717, 1.165) is 26.2 Å². The van der Waals surface area contributed by atoms with Crippen molar-refractivity contribution >= 4 is 15.8 Å². The Balaban J connectivity index is 2.45. The van der Waals surface area contributed by atoms with Crippen molar-refractivity contribution in [3.63, 3.8) is 0 Å². The van der Waals surface area contributed by atoms with E-state index in [1.165, 1.54) is 19.1 Å². The Morgan fingerprint density at radius 3 is 2.70 bits per heavy atom. The van der Waals surface area contributed by atoms with Gasteiger partial charge in [-0.3, -0.25) is 9.89 Å². The number of likely N-dealkylation sites (N-methyl/N-ethyl adjacent to an activating group) is 1. The van der Waals surface area contributed by atoms with E-state index >= 15 is 0 Å². The van der Waals surface area contributed by atoms with Crippen molar-refractivity contribution in [2.75, 3.05) is 44.7 Å². The summed E-state index contributed by atoms with van der Waals surface area (Å²) in [5, 5.41) is 6.23. The molecule has 0 aromatic heterocycles. The van der Waals surface area contributed by atoms with E-state index in [-0.39, 0.29) is 5.75 Å². The molecular formula is C13H28N4O2S. The van der Waals surface area contributed by atoms with Crippen LogP contribution >= 0.6 is 0 Å². The average Bonchev–Trinajstić information content (AvgIpc) is 2.81. The summed E-state index contributed by atoms with van der Waals surface area (Å²) in [6, 6.07) is 0.519. The Labute approximate surface area is 122 Å². The highest BCUT2D eigenvalue weighted by molar-refractivity contribution is 7.90. The fraction of sp³-hybridized carbons (Fsp3) is 0.923. The Kier molecular flexibility index (Phi) is 7.29. The topological polar surface area (TPSA) is 73.8 Å². The molecule has 20 heavy (non-hydrogen) atoms. The number of nitrogens with one attached hydrogen (secondary N) is 2. The molecule has 2 N–H and O–H groups in total. The molecule has 1 aliphatic heterocycles. The molecule has 0 aliphatic carbocycles. The molecule has 0 saturated carbocycles. The van der Waals surface area contributed by atoms with E-state index in [9.17, 15) is 8.42 Å². The minimum Gasteiger partial charge on any atom is -0.357 e. The fourth-order valence-electron chi connectivity index (χ4n) is 2.41. The van der Waals surface area contributed by atoms with Crippen LogP contribution in [0.5, 0.6) is 0 Å². The third-order valence-corrected chi connectivity index (χ3v) is 4.42. The molecule has 6 nitrogen and oxygen atoms in total. The number of rotatable bonds is 7. The number of nitrogens with zero attached hydrogens (tertiary/aromatic N) is 2. The molecule has 0 aromatic carbocycles. The molecule has 0 radical (unpaired) electrons. The van der Waals surface area contributed by atoms with Crippen molar-refractivity contribution in [2.45, 2.75) is 32.7 Å². The number of sulfone groups is 1. The van der Waals surface area contributed by atoms with Gasteiger partial charge in [0.1, 0.15) is 9.84 Å². The van der Waals surface area contributed by atoms with Gasteiger partial charge in [-0.05, 0) is 32.9 Å². The second-order valence-corrected chi connectivity index (χ2v) is 7.46. The summed E-state index contributed by atoms with van der Waals surface area (Å²) >= 11 is 0. The van der Waals surface area contributed by atoms with Crippen molar-refractivity contribution in [1.82, 2.24) is 15.5 Å². The minimum absolute atomic E-state index is 0.127. The van der Waals surface area contributed by atoms with Gasteiger partial charge in [0.05, 0.1) is 12.3 Å². The Morgan fingerprint density at radius 2 is 2.10 bits per heavy atom. The van der Waals surface area contributed by atoms with Crippen molar-refractivity contribution in [3.05, 3.63) is 0 Å². The largest absolute Gasteiger partial charge is 0.357 e. The van der Waals surface area contributed by atoms with Crippen LogP contribution in [0.2, 0.25) is 0 Å². The monoisotopic (exact) mass is 304 g/mol. The number of hydrogen-bond donors (Lipinski definition) is 2. The highest BCUT2D eigenvalue weighted by atomic mass is 32.2. The molecule has 0 bridgehead atoms.